The monoisotopic (exact) mass is 648 g/mol. The lowest BCUT2D eigenvalue weighted by atomic mass is 10.1. The Kier molecular flexibility index (Phi) is 13.9. The van der Waals surface area contributed by atoms with E-state index >= 15 is 0 Å². The van der Waals surface area contributed by atoms with Crippen LogP contribution in [0.5, 0.6) is 11.5 Å². The molecule has 1 saturated heterocycles. The van der Waals surface area contributed by atoms with Gasteiger partial charge in [0.1, 0.15) is 17.3 Å². The number of amidine groups is 1. The third-order valence-electron chi connectivity index (χ3n) is 7.65. The number of hydrogen-bond acceptors (Lipinski definition) is 9. The van der Waals surface area contributed by atoms with Gasteiger partial charge in [0.25, 0.3) is 0 Å². The number of nitrogen functional groups attached to an aromatic ring is 1. The summed E-state index contributed by atoms with van der Waals surface area (Å²) in [4.78, 5) is 63.2. The Labute approximate surface area is 274 Å². The molecule has 1 heterocycles. The highest BCUT2D eigenvalue weighted by molar-refractivity contribution is 6.02. The van der Waals surface area contributed by atoms with Crippen LogP contribution in [0.4, 0.5) is 5.69 Å². The largest absolute Gasteiger partial charge is 0.507 e. The molecule has 6 N–H and O–H groups in total. The Hall–Kier alpha value is -5.20. The number of rotatable bonds is 18. The van der Waals surface area contributed by atoms with Crippen LogP contribution in [-0.2, 0) is 24.0 Å². The number of phenols is 1. The first kappa shape index (κ1) is 36.3. The van der Waals surface area contributed by atoms with Crippen molar-refractivity contribution in [3.63, 3.8) is 0 Å². The number of phenolic OH excluding ortho intramolecular Hbond substituents is 1. The van der Waals surface area contributed by atoms with Crippen LogP contribution in [0.15, 0.2) is 48.0 Å². The van der Waals surface area contributed by atoms with Gasteiger partial charge in [-0.05, 0) is 69.2 Å². The molecule has 13 nitrogen and oxygen atoms in total. The molecule has 13 heteroatoms. The van der Waals surface area contributed by atoms with Crippen molar-refractivity contribution in [3.8, 4) is 11.5 Å². The quantitative estimate of drug-likeness (QED) is 0.0307. The van der Waals surface area contributed by atoms with E-state index in [1.54, 1.807) is 43.3 Å². The summed E-state index contributed by atoms with van der Waals surface area (Å²) in [5, 5.41) is 23.8. The molecule has 3 rings (SSSR count). The number of aromatic hydroxyl groups is 1. The third kappa shape index (κ3) is 11.6. The number of esters is 1. The van der Waals surface area contributed by atoms with Crippen molar-refractivity contribution in [3.05, 3.63) is 59.2 Å². The van der Waals surface area contributed by atoms with E-state index in [2.05, 4.69) is 10.6 Å². The standard InChI is InChI=1S/C34H44N6O7/c1-3-39(20-18-38-29(42)7-5-4-6-17-37-30(43)16-19-40-31(44)14-15-32(40)45)26-11-8-25(28(41)22-26)21-23(2)34(46)47-27-12-9-24(10-13-27)33(35)36/h8-13,21-22,41H,3-7,14-20H2,1-2H3,(H3,35,36)(H,37,43)(H,38,42)/b23-21+. The van der Waals surface area contributed by atoms with Crippen molar-refractivity contribution in [1.82, 2.24) is 15.5 Å². The first-order chi connectivity index (χ1) is 22.5. The number of imide groups is 1. The predicted octanol–water partition coefficient (Wildman–Crippen LogP) is 2.84. The fraction of sp³-hybridized carbons (Fsp3) is 0.412. The van der Waals surface area contributed by atoms with Gasteiger partial charge in [-0.15, -0.1) is 0 Å². The van der Waals surface area contributed by atoms with Gasteiger partial charge >= 0.3 is 5.97 Å². The van der Waals surface area contributed by atoms with Gasteiger partial charge in [0.15, 0.2) is 0 Å². The van der Waals surface area contributed by atoms with Crippen LogP contribution in [0.2, 0.25) is 0 Å². The van der Waals surface area contributed by atoms with E-state index in [0.29, 0.717) is 55.9 Å². The highest BCUT2D eigenvalue weighted by Crippen LogP contribution is 2.27. The Morgan fingerprint density at radius 3 is 2.28 bits per heavy atom. The number of nitrogens with zero attached hydrogens (tertiary/aromatic N) is 2. The Balaban J connectivity index is 1.34. The zero-order chi connectivity index (χ0) is 34.3. The van der Waals surface area contributed by atoms with Crippen molar-refractivity contribution in [2.75, 3.05) is 37.6 Å². The second kappa shape index (κ2) is 18.1. The number of benzene rings is 2. The SMILES string of the molecule is CCN(CCNC(=O)CCCCCNC(=O)CCN1C(=O)CCC1=O)c1ccc(/C=C(\C)C(=O)Oc2ccc(C(=N)N)cc2)c(O)c1. The van der Waals surface area contributed by atoms with Gasteiger partial charge in [0.2, 0.25) is 23.6 Å². The van der Waals surface area contributed by atoms with Gasteiger partial charge in [-0.2, -0.15) is 0 Å². The Morgan fingerprint density at radius 1 is 0.979 bits per heavy atom. The smallest absolute Gasteiger partial charge is 0.339 e. The lowest BCUT2D eigenvalue weighted by Gasteiger charge is -2.24. The predicted molar refractivity (Wildman–Crippen MR) is 178 cm³/mol. The summed E-state index contributed by atoms with van der Waals surface area (Å²) in [5.74, 6) is -1.08. The molecule has 0 saturated carbocycles. The topological polar surface area (TPSA) is 195 Å². The average Bonchev–Trinajstić information content (AvgIpc) is 3.37. The number of amides is 4. The minimum absolute atomic E-state index is 0.00377. The van der Waals surface area contributed by atoms with Crippen LogP contribution in [0.25, 0.3) is 6.08 Å². The fourth-order valence-electron chi connectivity index (χ4n) is 4.91. The van der Waals surface area contributed by atoms with Crippen LogP contribution in [0.1, 0.15) is 69.9 Å². The molecule has 1 aliphatic heterocycles. The normalized spacial score (nSPS) is 13.0. The van der Waals surface area contributed by atoms with Gasteiger partial charge in [-0.1, -0.05) is 6.42 Å². The van der Waals surface area contributed by atoms with Gasteiger partial charge in [-0.3, -0.25) is 29.5 Å². The van der Waals surface area contributed by atoms with Crippen LogP contribution in [0, 0.1) is 5.41 Å². The molecular formula is C34H44N6O7. The lowest BCUT2D eigenvalue weighted by Crippen LogP contribution is -2.35. The van der Waals surface area contributed by atoms with Crippen molar-refractivity contribution in [1.29, 1.82) is 5.41 Å². The molecule has 0 spiro atoms. The van der Waals surface area contributed by atoms with E-state index in [4.69, 9.17) is 15.9 Å². The van der Waals surface area contributed by atoms with Gasteiger partial charge in [0, 0.05) is 86.9 Å². The molecule has 1 fully saturated rings. The second-order valence-electron chi connectivity index (χ2n) is 11.2. The van der Waals surface area contributed by atoms with Crippen molar-refractivity contribution in [2.45, 2.75) is 58.8 Å². The van der Waals surface area contributed by atoms with Crippen molar-refractivity contribution >= 4 is 47.2 Å². The number of ether oxygens (including phenoxy) is 1. The van der Waals surface area contributed by atoms with Gasteiger partial charge in [0.05, 0.1) is 0 Å². The van der Waals surface area contributed by atoms with Crippen molar-refractivity contribution < 1.29 is 33.8 Å². The minimum Gasteiger partial charge on any atom is -0.507 e. The third-order valence-corrected chi connectivity index (χ3v) is 7.65. The number of likely N-dealkylation sites (tertiary alicyclic amines) is 1. The number of carbonyl (C=O) groups excluding carboxylic acids is 5. The number of nitrogens with one attached hydrogen (secondary N) is 3. The number of hydrogen-bond donors (Lipinski definition) is 5. The summed E-state index contributed by atoms with van der Waals surface area (Å²) >= 11 is 0. The van der Waals surface area contributed by atoms with E-state index in [0.717, 1.165) is 23.4 Å². The minimum atomic E-state index is -0.579. The molecule has 4 amide bonds. The zero-order valence-corrected chi connectivity index (χ0v) is 27.0. The molecule has 2 aromatic rings. The van der Waals surface area contributed by atoms with Crippen molar-refractivity contribution in [2.24, 2.45) is 5.73 Å². The van der Waals surface area contributed by atoms with Gasteiger partial charge < -0.3 is 31.1 Å². The van der Waals surface area contributed by atoms with Crippen LogP contribution < -0.4 is 26.0 Å². The average molecular weight is 649 g/mol. The molecule has 0 unspecified atom stereocenters. The molecule has 252 valence electrons. The molecule has 2 aromatic carbocycles. The number of carbonyl (C=O) groups is 5. The Bertz CT molecular complexity index is 1470. The number of nitrogens with two attached hydrogens (primary N) is 1. The molecule has 0 atom stereocenters. The summed E-state index contributed by atoms with van der Waals surface area (Å²) in [6.45, 7) is 5.75. The number of anilines is 1. The second-order valence-corrected chi connectivity index (χ2v) is 11.2. The maximum Gasteiger partial charge on any atom is 0.339 e. The number of unbranched alkanes of at least 4 members (excludes halogenated alkanes) is 2. The summed E-state index contributed by atoms with van der Waals surface area (Å²) < 4.78 is 5.37. The molecule has 0 radical (unpaired) electrons. The van der Waals surface area contributed by atoms with Crippen LogP contribution in [-0.4, -0.2) is 78.2 Å². The summed E-state index contributed by atoms with van der Waals surface area (Å²) in [5.41, 5.74) is 7.47. The molecule has 0 aliphatic carbocycles. The zero-order valence-electron chi connectivity index (χ0n) is 27.0. The highest BCUT2D eigenvalue weighted by Gasteiger charge is 2.28. The van der Waals surface area contributed by atoms with E-state index in [9.17, 15) is 29.1 Å². The highest BCUT2D eigenvalue weighted by atomic mass is 16.5. The summed E-state index contributed by atoms with van der Waals surface area (Å²) in [6, 6.07) is 11.4. The van der Waals surface area contributed by atoms with E-state index in [1.165, 1.54) is 6.08 Å². The molecule has 0 bridgehead atoms. The summed E-state index contributed by atoms with van der Waals surface area (Å²) in [7, 11) is 0. The first-order valence-corrected chi connectivity index (χ1v) is 15.8. The molecular weight excluding hydrogens is 604 g/mol. The summed E-state index contributed by atoms with van der Waals surface area (Å²) in [6.07, 6.45) is 4.59. The van der Waals surface area contributed by atoms with Crippen LogP contribution >= 0.6 is 0 Å². The van der Waals surface area contributed by atoms with E-state index in [1.807, 2.05) is 17.9 Å². The van der Waals surface area contributed by atoms with E-state index in [-0.39, 0.29) is 66.6 Å². The van der Waals surface area contributed by atoms with E-state index < -0.39 is 5.97 Å². The lowest BCUT2D eigenvalue weighted by molar-refractivity contribution is -0.138. The maximum absolute atomic E-state index is 12.5. The first-order valence-electron chi connectivity index (χ1n) is 15.8. The van der Waals surface area contributed by atoms with Gasteiger partial charge in [-0.25, -0.2) is 4.79 Å². The number of likely N-dealkylation sites (N-methyl/N-ethyl adjacent to an activating group) is 1. The Morgan fingerprint density at radius 2 is 1.64 bits per heavy atom. The van der Waals surface area contributed by atoms with Crippen LogP contribution in [0.3, 0.4) is 0 Å². The molecule has 0 aromatic heterocycles. The molecule has 1 aliphatic rings. The fourth-order valence-corrected chi connectivity index (χ4v) is 4.91. The molecule has 47 heavy (non-hydrogen) atoms. The maximum atomic E-state index is 12.5.